The SMILES string of the molecule is CC(C)c1ccccc1CC(=O)c1cc([N+](=O)[O-])ccc1Cl. The lowest BCUT2D eigenvalue weighted by atomic mass is 9.93. The largest absolute Gasteiger partial charge is 0.294 e. The van der Waals surface area contributed by atoms with Gasteiger partial charge in [-0.15, -0.1) is 0 Å². The maximum atomic E-state index is 12.5. The van der Waals surface area contributed by atoms with E-state index in [9.17, 15) is 14.9 Å². The third kappa shape index (κ3) is 3.52. The molecule has 4 nitrogen and oxygen atoms in total. The van der Waals surface area contributed by atoms with Crippen molar-refractivity contribution in [1.29, 1.82) is 0 Å². The summed E-state index contributed by atoms with van der Waals surface area (Å²) in [4.78, 5) is 22.8. The molecule has 0 aliphatic carbocycles. The van der Waals surface area contributed by atoms with Crippen molar-refractivity contribution in [3.05, 3.63) is 74.3 Å². The Bertz CT molecular complexity index is 726. The molecule has 0 saturated carbocycles. The van der Waals surface area contributed by atoms with Crippen LogP contribution in [0.5, 0.6) is 0 Å². The van der Waals surface area contributed by atoms with Gasteiger partial charge in [-0.1, -0.05) is 49.7 Å². The number of hydrogen-bond acceptors (Lipinski definition) is 3. The number of ketones is 1. The summed E-state index contributed by atoms with van der Waals surface area (Å²) in [6.45, 7) is 4.12. The molecule has 114 valence electrons. The fourth-order valence-electron chi connectivity index (χ4n) is 2.37. The molecule has 2 aromatic rings. The number of Topliss-reactive ketones (excluding diaryl/α,β-unsaturated/α-hetero) is 1. The van der Waals surface area contributed by atoms with Gasteiger partial charge in [0.1, 0.15) is 0 Å². The van der Waals surface area contributed by atoms with Crippen LogP contribution >= 0.6 is 11.6 Å². The minimum Gasteiger partial charge on any atom is -0.294 e. The van der Waals surface area contributed by atoms with E-state index in [-0.39, 0.29) is 28.5 Å². The maximum absolute atomic E-state index is 12.5. The fourth-order valence-corrected chi connectivity index (χ4v) is 2.59. The summed E-state index contributed by atoms with van der Waals surface area (Å²) in [5.74, 6) is 0.0754. The van der Waals surface area contributed by atoms with Crippen LogP contribution in [0.1, 0.15) is 41.3 Å². The number of nitrogens with zero attached hydrogens (tertiary/aromatic N) is 1. The van der Waals surface area contributed by atoms with Crippen molar-refractivity contribution in [1.82, 2.24) is 0 Å². The zero-order valence-electron chi connectivity index (χ0n) is 12.4. The number of carbonyl (C=O) groups excluding carboxylic acids is 1. The molecule has 0 aliphatic heterocycles. The van der Waals surface area contributed by atoms with Gasteiger partial charge in [-0.05, 0) is 23.1 Å². The Labute approximate surface area is 133 Å². The predicted molar refractivity (Wildman–Crippen MR) is 86.7 cm³/mol. The summed E-state index contributed by atoms with van der Waals surface area (Å²) in [6.07, 6.45) is 0.176. The second-order valence-electron chi connectivity index (χ2n) is 5.37. The number of carbonyl (C=O) groups is 1. The first kappa shape index (κ1) is 16.2. The smallest absolute Gasteiger partial charge is 0.270 e. The van der Waals surface area contributed by atoms with Crippen LogP contribution in [0.2, 0.25) is 5.02 Å². The van der Waals surface area contributed by atoms with Gasteiger partial charge >= 0.3 is 0 Å². The molecule has 0 saturated heterocycles. The third-order valence-electron chi connectivity index (χ3n) is 3.49. The van der Waals surface area contributed by atoms with Crippen LogP contribution in [0, 0.1) is 10.1 Å². The molecule has 22 heavy (non-hydrogen) atoms. The number of non-ortho nitro benzene ring substituents is 1. The number of nitro benzene ring substituents is 1. The van der Waals surface area contributed by atoms with Crippen molar-refractivity contribution in [2.24, 2.45) is 0 Å². The first-order valence-corrected chi connectivity index (χ1v) is 7.33. The number of halogens is 1. The molecule has 0 fully saturated rings. The lowest BCUT2D eigenvalue weighted by molar-refractivity contribution is -0.384. The van der Waals surface area contributed by atoms with E-state index in [1.807, 2.05) is 24.3 Å². The van der Waals surface area contributed by atoms with Crippen LogP contribution in [-0.4, -0.2) is 10.7 Å². The second kappa shape index (κ2) is 6.71. The summed E-state index contributed by atoms with van der Waals surface area (Å²) in [5, 5.41) is 11.1. The third-order valence-corrected chi connectivity index (χ3v) is 3.82. The normalized spacial score (nSPS) is 10.7. The molecule has 5 heteroatoms. The highest BCUT2D eigenvalue weighted by atomic mass is 35.5. The van der Waals surface area contributed by atoms with E-state index in [1.54, 1.807) is 0 Å². The summed E-state index contributed by atoms with van der Waals surface area (Å²) >= 11 is 6.02. The summed E-state index contributed by atoms with van der Waals surface area (Å²) < 4.78 is 0. The second-order valence-corrected chi connectivity index (χ2v) is 5.78. The number of rotatable bonds is 5. The van der Waals surface area contributed by atoms with Gasteiger partial charge in [0.25, 0.3) is 5.69 Å². The average Bonchev–Trinajstić information content (AvgIpc) is 2.47. The molecule has 0 aliphatic rings. The van der Waals surface area contributed by atoms with Gasteiger partial charge in [-0.3, -0.25) is 14.9 Å². The highest BCUT2D eigenvalue weighted by Crippen LogP contribution is 2.25. The maximum Gasteiger partial charge on any atom is 0.270 e. The molecule has 0 amide bonds. The molecule has 0 radical (unpaired) electrons. The standard InChI is InChI=1S/C17H16ClNO3/c1-11(2)14-6-4-3-5-12(14)9-17(20)15-10-13(19(21)22)7-8-16(15)18/h3-8,10-11H,9H2,1-2H3. The quantitative estimate of drug-likeness (QED) is 0.452. The number of nitro groups is 1. The van der Waals surface area contributed by atoms with E-state index in [1.165, 1.54) is 18.2 Å². The molecule has 0 aromatic heterocycles. The van der Waals surface area contributed by atoms with Gasteiger partial charge in [0.15, 0.2) is 5.78 Å². The molecule has 0 atom stereocenters. The van der Waals surface area contributed by atoms with Crippen molar-refractivity contribution in [3.63, 3.8) is 0 Å². The van der Waals surface area contributed by atoms with Gasteiger partial charge in [-0.25, -0.2) is 0 Å². The highest BCUT2D eigenvalue weighted by molar-refractivity contribution is 6.34. The van der Waals surface area contributed by atoms with Crippen molar-refractivity contribution >= 4 is 23.1 Å². The predicted octanol–water partition coefficient (Wildman–Crippen LogP) is 4.80. The van der Waals surface area contributed by atoms with Crippen molar-refractivity contribution < 1.29 is 9.72 Å². The summed E-state index contributed by atoms with van der Waals surface area (Å²) in [7, 11) is 0. The van der Waals surface area contributed by atoms with E-state index in [0.717, 1.165) is 11.1 Å². The highest BCUT2D eigenvalue weighted by Gasteiger charge is 2.17. The Kier molecular flexibility index (Phi) is 4.93. The molecule has 0 unspecified atom stereocenters. The van der Waals surface area contributed by atoms with Crippen molar-refractivity contribution in [2.75, 3.05) is 0 Å². The van der Waals surface area contributed by atoms with Crippen molar-refractivity contribution in [2.45, 2.75) is 26.2 Å². The van der Waals surface area contributed by atoms with E-state index in [4.69, 9.17) is 11.6 Å². The zero-order chi connectivity index (χ0) is 16.3. The molecule has 0 heterocycles. The topological polar surface area (TPSA) is 60.2 Å². The zero-order valence-corrected chi connectivity index (χ0v) is 13.1. The van der Waals surface area contributed by atoms with E-state index in [2.05, 4.69) is 13.8 Å². The Morgan fingerprint density at radius 2 is 1.91 bits per heavy atom. The van der Waals surface area contributed by atoms with Crippen LogP contribution in [0.25, 0.3) is 0 Å². The van der Waals surface area contributed by atoms with Crippen LogP contribution in [0.3, 0.4) is 0 Å². The minimum atomic E-state index is -0.533. The van der Waals surface area contributed by atoms with Gasteiger partial charge in [-0.2, -0.15) is 0 Å². The molecule has 2 rings (SSSR count). The first-order valence-electron chi connectivity index (χ1n) is 6.95. The lowest BCUT2D eigenvalue weighted by Crippen LogP contribution is -2.08. The number of hydrogen-bond donors (Lipinski definition) is 0. The molecular weight excluding hydrogens is 302 g/mol. The lowest BCUT2D eigenvalue weighted by Gasteiger charge is -2.12. The monoisotopic (exact) mass is 317 g/mol. The summed E-state index contributed by atoms with van der Waals surface area (Å²) in [6, 6.07) is 11.6. The Balaban J connectivity index is 2.34. The molecule has 0 bridgehead atoms. The van der Waals surface area contributed by atoms with Gasteiger partial charge in [0.2, 0.25) is 0 Å². The first-order chi connectivity index (χ1) is 10.4. The minimum absolute atomic E-state index is 0.134. The van der Waals surface area contributed by atoms with E-state index < -0.39 is 4.92 Å². The van der Waals surface area contributed by atoms with E-state index >= 15 is 0 Å². The Morgan fingerprint density at radius 3 is 2.55 bits per heavy atom. The van der Waals surface area contributed by atoms with Gasteiger partial charge in [0.05, 0.1) is 9.95 Å². The van der Waals surface area contributed by atoms with E-state index in [0.29, 0.717) is 5.92 Å². The molecule has 0 N–H and O–H groups in total. The van der Waals surface area contributed by atoms with Crippen LogP contribution in [-0.2, 0) is 6.42 Å². The molecular formula is C17H16ClNO3. The van der Waals surface area contributed by atoms with Crippen LogP contribution in [0.15, 0.2) is 42.5 Å². The molecule has 2 aromatic carbocycles. The van der Waals surface area contributed by atoms with Crippen LogP contribution in [0.4, 0.5) is 5.69 Å². The average molecular weight is 318 g/mol. The Hall–Kier alpha value is -2.20. The van der Waals surface area contributed by atoms with Gasteiger partial charge < -0.3 is 0 Å². The summed E-state index contributed by atoms with van der Waals surface area (Å²) in [5.41, 5.74) is 2.07. The molecule has 0 spiro atoms. The number of benzene rings is 2. The van der Waals surface area contributed by atoms with Gasteiger partial charge in [0, 0.05) is 24.1 Å². The van der Waals surface area contributed by atoms with Crippen molar-refractivity contribution in [3.8, 4) is 0 Å². The Morgan fingerprint density at radius 1 is 1.23 bits per heavy atom. The van der Waals surface area contributed by atoms with Crippen LogP contribution < -0.4 is 0 Å². The fraction of sp³-hybridized carbons (Fsp3) is 0.235.